The number of fused-ring (bicyclic) bond motifs is 1. The van der Waals surface area contributed by atoms with Gasteiger partial charge in [-0.15, -0.1) is 11.3 Å². The van der Waals surface area contributed by atoms with E-state index in [0.717, 1.165) is 6.07 Å². The Morgan fingerprint density at radius 1 is 1.11 bits per heavy atom. The molecule has 0 fully saturated rings. The van der Waals surface area contributed by atoms with Crippen molar-refractivity contribution in [2.45, 2.75) is 6.92 Å². The Hall–Kier alpha value is -4.84. The van der Waals surface area contributed by atoms with Crippen LogP contribution >= 0.6 is 11.3 Å². The number of pyridine rings is 2. The lowest BCUT2D eigenvalue weighted by Crippen LogP contribution is -2.29. The Morgan fingerprint density at radius 3 is 2.61 bits per heavy atom. The summed E-state index contributed by atoms with van der Waals surface area (Å²) in [6.07, 6.45) is 1.42. The minimum Gasteiger partial charge on any atom is -0.490 e. The number of benzene rings is 2. The summed E-state index contributed by atoms with van der Waals surface area (Å²) in [6.45, 7) is 1.86. The molecule has 1 amide bonds. The van der Waals surface area contributed by atoms with Gasteiger partial charge in [-0.05, 0) is 49.4 Å². The third-order valence-corrected chi connectivity index (χ3v) is 6.19. The smallest absolute Gasteiger partial charge is 0.273 e. The number of rotatable bonds is 7. The maximum absolute atomic E-state index is 14.8. The number of halogens is 2. The van der Waals surface area contributed by atoms with Gasteiger partial charge < -0.3 is 20.5 Å². The zero-order valence-corrected chi connectivity index (χ0v) is 20.6. The van der Waals surface area contributed by atoms with Crippen molar-refractivity contribution >= 4 is 39.1 Å². The molecule has 0 aliphatic carbocycles. The van der Waals surface area contributed by atoms with E-state index in [4.69, 9.17) is 15.2 Å². The molecular formula is C26H19F2N5O4S. The van der Waals surface area contributed by atoms with E-state index in [0.29, 0.717) is 10.5 Å². The van der Waals surface area contributed by atoms with Gasteiger partial charge in [0.25, 0.3) is 11.5 Å². The number of nitrogens with zero attached hydrogens (tertiary/aromatic N) is 3. The molecule has 12 heteroatoms. The average molecular weight is 536 g/mol. The molecule has 0 aliphatic heterocycles. The number of carbonyl (C=O) groups is 1. The molecule has 0 radical (unpaired) electrons. The van der Waals surface area contributed by atoms with Crippen LogP contribution in [0.1, 0.15) is 17.3 Å². The summed E-state index contributed by atoms with van der Waals surface area (Å²) in [5, 5.41) is 2.54. The van der Waals surface area contributed by atoms with Gasteiger partial charge in [0.1, 0.15) is 33.3 Å². The van der Waals surface area contributed by atoms with Crippen molar-refractivity contribution in [1.29, 1.82) is 0 Å². The highest BCUT2D eigenvalue weighted by atomic mass is 32.1. The predicted molar refractivity (Wildman–Crippen MR) is 139 cm³/mol. The summed E-state index contributed by atoms with van der Waals surface area (Å²) >= 11 is 1.17. The third kappa shape index (κ3) is 4.76. The number of hydrogen-bond acceptors (Lipinski definition) is 8. The topological polar surface area (TPSA) is 121 Å². The van der Waals surface area contributed by atoms with Gasteiger partial charge in [0.05, 0.1) is 17.8 Å². The van der Waals surface area contributed by atoms with Crippen molar-refractivity contribution in [3.8, 4) is 22.9 Å². The van der Waals surface area contributed by atoms with Gasteiger partial charge in [0.15, 0.2) is 17.3 Å². The van der Waals surface area contributed by atoms with Crippen LogP contribution < -0.4 is 26.1 Å². The lowest BCUT2D eigenvalue weighted by molar-refractivity contribution is 0.102. The van der Waals surface area contributed by atoms with Crippen LogP contribution in [-0.2, 0) is 0 Å². The number of nitrogens with one attached hydrogen (secondary N) is 1. The molecule has 0 aliphatic rings. The Morgan fingerprint density at radius 2 is 1.89 bits per heavy atom. The summed E-state index contributed by atoms with van der Waals surface area (Å²) in [5.41, 5.74) is 6.80. The average Bonchev–Trinajstić information content (AvgIpc) is 3.36. The molecule has 192 valence electrons. The van der Waals surface area contributed by atoms with Gasteiger partial charge in [-0.1, -0.05) is 0 Å². The standard InChI is InChI=1S/C26H19F2N5O4S/c1-2-36-23-21(25(35)33(26-22(23)31-13-38-26)16-6-3-14(27)4-7-16)24(34)32-15-5-8-19(18(28)11-15)37-17-9-10-30-20(29)12-17/h3-13H,2H2,1H3,(H2,29,30)(H,32,34). The molecule has 3 heterocycles. The van der Waals surface area contributed by atoms with Gasteiger partial charge in [-0.2, -0.15) is 0 Å². The van der Waals surface area contributed by atoms with Crippen LogP contribution in [0.25, 0.3) is 16.0 Å². The van der Waals surface area contributed by atoms with Gasteiger partial charge in [-0.3, -0.25) is 14.2 Å². The summed E-state index contributed by atoms with van der Waals surface area (Å²) in [4.78, 5) is 35.6. The zero-order chi connectivity index (χ0) is 26.8. The Bertz CT molecular complexity index is 1720. The van der Waals surface area contributed by atoms with E-state index in [1.165, 1.54) is 76.1 Å². The molecule has 0 saturated carbocycles. The van der Waals surface area contributed by atoms with Gasteiger partial charge in [-0.25, -0.2) is 18.7 Å². The maximum atomic E-state index is 14.8. The molecule has 0 bridgehead atoms. The minimum atomic E-state index is -0.834. The van der Waals surface area contributed by atoms with E-state index in [2.05, 4.69) is 15.3 Å². The van der Waals surface area contributed by atoms with E-state index in [1.807, 2.05) is 0 Å². The first-order valence-corrected chi connectivity index (χ1v) is 12.1. The molecule has 0 saturated heterocycles. The fraction of sp³-hybridized carbons (Fsp3) is 0.0769. The van der Waals surface area contributed by atoms with Crippen molar-refractivity contribution in [3.63, 3.8) is 0 Å². The predicted octanol–water partition coefficient (Wildman–Crippen LogP) is 5.15. The van der Waals surface area contributed by atoms with E-state index in [9.17, 15) is 18.4 Å². The molecule has 0 spiro atoms. The molecule has 0 atom stereocenters. The summed E-state index contributed by atoms with van der Waals surface area (Å²) in [5.74, 6) is -1.69. The van der Waals surface area contributed by atoms with Crippen molar-refractivity contribution in [3.05, 3.63) is 93.9 Å². The molecule has 9 nitrogen and oxygen atoms in total. The van der Waals surface area contributed by atoms with Gasteiger partial charge in [0.2, 0.25) is 0 Å². The van der Waals surface area contributed by atoms with Crippen LogP contribution in [0.15, 0.2) is 71.1 Å². The second-order valence-corrected chi connectivity index (χ2v) is 8.71. The first-order chi connectivity index (χ1) is 18.4. The number of nitrogens with two attached hydrogens (primary N) is 1. The second-order valence-electron chi connectivity index (χ2n) is 7.88. The van der Waals surface area contributed by atoms with Gasteiger partial charge in [0, 0.05) is 24.0 Å². The molecule has 3 aromatic heterocycles. The van der Waals surface area contributed by atoms with Crippen LogP contribution in [0.5, 0.6) is 17.2 Å². The van der Waals surface area contributed by atoms with E-state index < -0.39 is 23.1 Å². The Balaban J connectivity index is 1.53. The third-order valence-electron chi connectivity index (χ3n) is 5.38. The quantitative estimate of drug-likeness (QED) is 0.296. The maximum Gasteiger partial charge on any atom is 0.273 e. The zero-order valence-electron chi connectivity index (χ0n) is 19.8. The number of thiazole rings is 1. The van der Waals surface area contributed by atoms with Crippen molar-refractivity contribution < 1.29 is 23.0 Å². The van der Waals surface area contributed by atoms with Gasteiger partial charge >= 0.3 is 0 Å². The van der Waals surface area contributed by atoms with Crippen LogP contribution in [0.3, 0.4) is 0 Å². The van der Waals surface area contributed by atoms with E-state index in [-0.39, 0.29) is 46.4 Å². The Kier molecular flexibility index (Phi) is 6.71. The Labute approximate surface area is 218 Å². The van der Waals surface area contributed by atoms with Crippen molar-refractivity contribution in [2.24, 2.45) is 0 Å². The summed E-state index contributed by atoms with van der Waals surface area (Å²) in [7, 11) is 0. The molecule has 2 aromatic carbocycles. The second kappa shape index (κ2) is 10.3. The number of ether oxygens (including phenoxy) is 2. The minimum absolute atomic E-state index is 0.000290. The number of hydrogen-bond donors (Lipinski definition) is 2. The SMILES string of the molecule is CCOc1c(C(=O)Nc2ccc(Oc3ccnc(N)c3)c(F)c2)c(=O)n(-c2ccc(F)cc2)c2scnc12. The summed E-state index contributed by atoms with van der Waals surface area (Å²) in [6, 6.07) is 12.0. The summed E-state index contributed by atoms with van der Waals surface area (Å²) < 4.78 is 40.8. The first-order valence-electron chi connectivity index (χ1n) is 11.3. The molecule has 5 aromatic rings. The number of aromatic nitrogens is 3. The lowest BCUT2D eigenvalue weighted by atomic mass is 10.2. The highest BCUT2D eigenvalue weighted by Gasteiger charge is 2.26. The fourth-order valence-electron chi connectivity index (χ4n) is 3.76. The number of amides is 1. The van der Waals surface area contributed by atoms with Crippen LogP contribution in [0, 0.1) is 11.6 Å². The first kappa shape index (κ1) is 24.8. The monoisotopic (exact) mass is 535 g/mol. The van der Waals surface area contributed by atoms with Crippen LogP contribution in [0.4, 0.5) is 20.3 Å². The van der Waals surface area contributed by atoms with Crippen molar-refractivity contribution in [1.82, 2.24) is 14.5 Å². The van der Waals surface area contributed by atoms with Crippen LogP contribution in [0.2, 0.25) is 0 Å². The van der Waals surface area contributed by atoms with Crippen LogP contribution in [-0.4, -0.2) is 27.0 Å². The lowest BCUT2D eigenvalue weighted by Gasteiger charge is -2.15. The van der Waals surface area contributed by atoms with E-state index in [1.54, 1.807) is 6.92 Å². The number of nitrogen functional groups attached to an aromatic ring is 1. The largest absolute Gasteiger partial charge is 0.490 e. The number of carbonyl (C=O) groups excluding carboxylic acids is 1. The molecule has 38 heavy (non-hydrogen) atoms. The molecular weight excluding hydrogens is 516 g/mol. The molecule has 0 unspecified atom stereocenters. The highest BCUT2D eigenvalue weighted by molar-refractivity contribution is 7.16. The molecule has 3 N–H and O–H groups in total. The fourth-order valence-corrected chi connectivity index (χ4v) is 4.57. The highest BCUT2D eigenvalue weighted by Crippen LogP contribution is 2.32. The number of anilines is 2. The normalized spacial score (nSPS) is 10.9. The van der Waals surface area contributed by atoms with Crippen molar-refractivity contribution in [2.75, 3.05) is 17.7 Å². The van der Waals surface area contributed by atoms with E-state index >= 15 is 0 Å². The molecule has 5 rings (SSSR count).